The van der Waals surface area contributed by atoms with E-state index in [2.05, 4.69) is 22.4 Å². The minimum absolute atomic E-state index is 0.158. The minimum Gasteiger partial charge on any atom is -0.289 e. The van der Waals surface area contributed by atoms with Gasteiger partial charge in [0.2, 0.25) is 0 Å². The average molecular weight is 449 g/mol. The molecular formula is C20H18Cl2N4O2S. The van der Waals surface area contributed by atoms with Crippen molar-refractivity contribution in [3.8, 4) is 0 Å². The lowest BCUT2D eigenvalue weighted by Gasteiger charge is -2.17. The number of carbonyl (C=O) groups is 1. The van der Waals surface area contributed by atoms with E-state index in [1.54, 1.807) is 29.5 Å². The highest BCUT2D eigenvalue weighted by Gasteiger charge is 2.23. The van der Waals surface area contributed by atoms with Crippen LogP contribution < -0.4 is 11.0 Å². The van der Waals surface area contributed by atoms with Gasteiger partial charge in [0.1, 0.15) is 11.4 Å². The summed E-state index contributed by atoms with van der Waals surface area (Å²) in [6.45, 7) is 2.07. The molecule has 0 saturated carbocycles. The van der Waals surface area contributed by atoms with Gasteiger partial charge in [-0.05, 0) is 42.9 Å². The molecule has 0 spiro atoms. The SMILES string of the molecule is C[C@H]1CCc2c(sc3ncn(CC(=O)N/N=C\c4ccc(Cl)cc4Cl)c(=O)c23)C1. The van der Waals surface area contributed by atoms with Gasteiger partial charge in [-0.2, -0.15) is 5.10 Å². The maximum absolute atomic E-state index is 12.9. The van der Waals surface area contributed by atoms with Crippen molar-refractivity contribution in [2.24, 2.45) is 11.0 Å². The number of carbonyl (C=O) groups excluding carboxylic acids is 1. The molecule has 1 aromatic carbocycles. The molecule has 1 N–H and O–H groups in total. The van der Waals surface area contributed by atoms with E-state index in [0.29, 0.717) is 26.9 Å². The predicted octanol–water partition coefficient (Wildman–Crippen LogP) is 4.04. The van der Waals surface area contributed by atoms with Crippen LogP contribution in [-0.4, -0.2) is 21.7 Å². The fourth-order valence-corrected chi connectivity index (χ4v) is 5.25. The van der Waals surface area contributed by atoms with E-state index in [4.69, 9.17) is 23.2 Å². The Morgan fingerprint density at radius 2 is 2.28 bits per heavy atom. The standard InChI is InChI=1S/C20H18Cl2N4O2S/c1-11-2-5-14-16(6-11)29-19-18(14)20(28)26(10-23-19)9-17(27)25-24-8-12-3-4-13(21)7-15(12)22/h3-4,7-8,10-11H,2,5-6,9H2,1H3,(H,25,27)/b24-8-/t11-/m0/s1. The second kappa shape index (κ2) is 8.26. The van der Waals surface area contributed by atoms with Crippen molar-refractivity contribution >= 4 is 56.9 Å². The van der Waals surface area contributed by atoms with Crippen LogP contribution in [0.5, 0.6) is 0 Å². The fraction of sp³-hybridized carbons (Fsp3) is 0.300. The molecule has 4 rings (SSSR count). The molecule has 6 nitrogen and oxygen atoms in total. The number of fused-ring (bicyclic) bond motifs is 3. The van der Waals surface area contributed by atoms with Gasteiger partial charge in [0, 0.05) is 15.5 Å². The molecule has 1 atom stereocenters. The van der Waals surface area contributed by atoms with Gasteiger partial charge in [0.15, 0.2) is 0 Å². The van der Waals surface area contributed by atoms with Gasteiger partial charge < -0.3 is 0 Å². The van der Waals surface area contributed by atoms with E-state index < -0.39 is 5.91 Å². The Bertz CT molecular complexity index is 1190. The van der Waals surface area contributed by atoms with Gasteiger partial charge in [-0.3, -0.25) is 14.2 Å². The molecule has 9 heteroatoms. The zero-order chi connectivity index (χ0) is 20.5. The Morgan fingerprint density at radius 1 is 1.45 bits per heavy atom. The predicted molar refractivity (Wildman–Crippen MR) is 117 cm³/mol. The van der Waals surface area contributed by atoms with Crippen LogP contribution in [-0.2, 0) is 24.2 Å². The molecule has 0 saturated heterocycles. The van der Waals surface area contributed by atoms with Crippen LogP contribution in [0.15, 0.2) is 34.4 Å². The van der Waals surface area contributed by atoms with Gasteiger partial charge in [0.05, 0.1) is 23.0 Å². The van der Waals surface area contributed by atoms with Crippen LogP contribution in [0.25, 0.3) is 10.2 Å². The van der Waals surface area contributed by atoms with Crippen LogP contribution in [0.3, 0.4) is 0 Å². The molecule has 1 amide bonds. The van der Waals surface area contributed by atoms with Crippen molar-refractivity contribution in [3.63, 3.8) is 0 Å². The first-order valence-corrected chi connectivity index (χ1v) is 10.8. The van der Waals surface area contributed by atoms with Crippen molar-refractivity contribution in [1.29, 1.82) is 0 Å². The average Bonchev–Trinajstić information content (AvgIpc) is 3.04. The van der Waals surface area contributed by atoms with Crippen molar-refractivity contribution in [1.82, 2.24) is 15.0 Å². The summed E-state index contributed by atoms with van der Waals surface area (Å²) in [7, 11) is 0. The summed E-state index contributed by atoms with van der Waals surface area (Å²) in [5.74, 6) is 0.197. The van der Waals surface area contributed by atoms with E-state index in [1.807, 2.05) is 0 Å². The van der Waals surface area contributed by atoms with Crippen molar-refractivity contribution in [2.75, 3.05) is 0 Å². The van der Waals surface area contributed by atoms with E-state index >= 15 is 0 Å². The van der Waals surface area contributed by atoms with E-state index in [0.717, 1.165) is 29.7 Å². The molecule has 3 aromatic rings. The molecule has 1 aliphatic carbocycles. The van der Waals surface area contributed by atoms with Crippen LogP contribution in [0, 0.1) is 5.92 Å². The molecule has 2 heterocycles. The quantitative estimate of drug-likeness (QED) is 0.483. The molecule has 0 fully saturated rings. The highest BCUT2D eigenvalue weighted by Crippen LogP contribution is 2.35. The number of benzene rings is 1. The lowest BCUT2D eigenvalue weighted by molar-refractivity contribution is -0.121. The first kappa shape index (κ1) is 20.1. The van der Waals surface area contributed by atoms with Gasteiger partial charge in [-0.15, -0.1) is 11.3 Å². The molecular weight excluding hydrogens is 431 g/mol. The summed E-state index contributed by atoms with van der Waals surface area (Å²) >= 11 is 13.5. The van der Waals surface area contributed by atoms with Gasteiger partial charge in [-0.1, -0.05) is 36.2 Å². The molecule has 1 aliphatic rings. The molecule has 0 radical (unpaired) electrons. The summed E-state index contributed by atoms with van der Waals surface area (Å²) in [4.78, 5) is 31.6. The second-order valence-corrected chi connectivity index (χ2v) is 9.10. The summed E-state index contributed by atoms with van der Waals surface area (Å²) in [6.07, 6.45) is 5.79. The summed E-state index contributed by atoms with van der Waals surface area (Å²) in [5, 5.41) is 5.50. The third kappa shape index (κ3) is 4.22. The maximum Gasteiger partial charge on any atom is 0.262 e. The number of thiophene rings is 1. The number of nitrogens with one attached hydrogen (secondary N) is 1. The molecule has 2 aromatic heterocycles. The Morgan fingerprint density at radius 3 is 3.07 bits per heavy atom. The number of rotatable bonds is 4. The normalized spacial score (nSPS) is 16.3. The lowest BCUT2D eigenvalue weighted by atomic mass is 9.89. The van der Waals surface area contributed by atoms with Crippen LogP contribution in [0.4, 0.5) is 0 Å². The van der Waals surface area contributed by atoms with Gasteiger partial charge in [-0.25, -0.2) is 10.4 Å². The number of amides is 1. The summed E-state index contributed by atoms with van der Waals surface area (Å²) in [5.41, 5.74) is 3.96. The topological polar surface area (TPSA) is 76.3 Å². The number of aryl methyl sites for hydroxylation is 1. The monoisotopic (exact) mass is 448 g/mol. The van der Waals surface area contributed by atoms with E-state index in [1.165, 1.54) is 22.0 Å². The molecule has 0 bridgehead atoms. The van der Waals surface area contributed by atoms with E-state index in [-0.39, 0.29) is 12.1 Å². The number of hydrazone groups is 1. The van der Waals surface area contributed by atoms with Crippen LogP contribution in [0.2, 0.25) is 10.0 Å². The Labute approximate surface area is 181 Å². The number of hydrogen-bond acceptors (Lipinski definition) is 5. The highest BCUT2D eigenvalue weighted by molar-refractivity contribution is 7.18. The number of halogens is 2. The van der Waals surface area contributed by atoms with Crippen LogP contribution >= 0.6 is 34.5 Å². The third-order valence-corrected chi connectivity index (χ3v) is 6.68. The number of hydrogen-bond donors (Lipinski definition) is 1. The Hall–Kier alpha value is -2.22. The highest BCUT2D eigenvalue weighted by atomic mass is 35.5. The zero-order valence-corrected chi connectivity index (χ0v) is 17.9. The smallest absolute Gasteiger partial charge is 0.262 e. The Balaban J connectivity index is 1.50. The second-order valence-electron chi connectivity index (χ2n) is 7.17. The number of nitrogens with zero attached hydrogens (tertiary/aromatic N) is 3. The van der Waals surface area contributed by atoms with Gasteiger partial charge >= 0.3 is 0 Å². The van der Waals surface area contributed by atoms with Crippen LogP contribution in [0.1, 0.15) is 29.3 Å². The first-order valence-electron chi connectivity index (χ1n) is 9.19. The van der Waals surface area contributed by atoms with Crippen molar-refractivity contribution in [2.45, 2.75) is 32.7 Å². The summed E-state index contributed by atoms with van der Waals surface area (Å²) in [6, 6.07) is 4.97. The molecule has 0 aliphatic heterocycles. The largest absolute Gasteiger partial charge is 0.289 e. The Kier molecular flexibility index (Phi) is 5.72. The van der Waals surface area contributed by atoms with E-state index in [9.17, 15) is 9.59 Å². The first-order chi connectivity index (χ1) is 13.9. The molecule has 150 valence electrons. The van der Waals surface area contributed by atoms with Crippen molar-refractivity contribution < 1.29 is 4.79 Å². The number of aromatic nitrogens is 2. The van der Waals surface area contributed by atoms with Gasteiger partial charge in [0.25, 0.3) is 11.5 Å². The summed E-state index contributed by atoms with van der Waals surface area (Å²) < 4.78 is 1.33. The fourth-order valence-electron chi connectivity index (χ4n) is 3.45. The third-order valence-electron chi connectivity index (χ3n) is 4.95. The lowest BCUT2D eigenvalue weighted by Crippen LogP contribution is -2.30. The zero-order valence-electron chi connectivity index (χ0n) is 15.6. The molecule has 0 unspecified atom stereocenters. The maximum atomic E-state index is 12.9. The molecule has 29 heavy (non-hydrogen) atoms. The minimum atomic E-state index is -0.424. The van der Waals surface area contributed by atoms with Crippen molar-refractivity contribution in [3.05, 3.63) is 60.9 Å².